The Morgan fingerprint density at radius 3 is 2.68 bits per heavy atom. The Hall–Kier alpha value is -1.71. The fraction of sp³-hybridized carbons (Fsp3) is 0.385. The monoisotopic (exact) mass is 272 g/mol. The van der Waals surface area contributed by atoms with E-state index >= 15 is 0 Å². The second kappa shape index (κ2) is 6.45. The van der Waals surface area contributed by atoms with Gasteiger partial charge in [0.15, 0.2) is 0 Å². The topological polar surface area (TPSA) is 47.3 Å². The number of benzene rings is 1. The first-order chi connectivity index (χ1) is 8.85. The molecule has 6 heteroatoms. The van der Waals surface area contributed by atoms with E-state index in [9.17, 15) is 13.2 Å². The molecule has 0 aliphatic heterocycles. The summed E-state index contributed by atoms with van der Waals surface area (Å²) < 4.78 is 40.3. The summed E-state index contributed by atoms with van der Waals surface area (Å²) in [7, 11) is 0. The molecule has 1 rings (SSSR count). The van der Waals surface area contributed by atoms with Crippen LogP contribution >= 0.6 is 0 Å². The third kappa shape index (κ3) is 5.20. The third-order valence-electron chi connectivity index (χ3n) is 2.43. The van der Waals surface area contributed by atoms with Crippen molar-refractivity contribution in [1.82, 2.24) is 5.32 Å². The van der Waals surface area contributed by atoms with Crippen LogP contribution in [-0.2, 0) is 0 Å². The lowest BCUT2D eigenvalue weighted by molar-refractivity contribution is -0.274. The number of alkyl halides is 3. The van der Waals surface area contributed by atoms with Crippen LogP contribution in [0, 0.1) is 12.3 Å². The molecule has 0 amide bonds. The summed E-state index contributed by atoms with van der Waals surface area (Å²) in [5, 5.41) is 3.02. The van der Waals surface area contributed by atoms with Crippen molar-refractivity contribution in [3.05, 3.63) is 29.8 Å². The molecule has 0 radical (unpaired) electrons. The predicted octanol–water partition coefficient (Wildman–Crippen LogP) is 2.20. The highest BCUT2D eigenvalue weighted by Crippen LogP contribution is 2.25. The number of halogens is 3. The summed E-state index contributed by atoms with van der Waals surface area (Å²) in [6.07, 6.45) is 0.528. The number of nitrogens with two attached hydrogens (primary N) is 1. The van der Waals surface area contributed by atoms with Gasteiger partial charge in [-0.25, -0.2) is 0 Å². The van der Waals surface area contributed by atoms with E-state index in [1.165, 1.54) is 18.2 Å². The third-order valence-corrected chi connectivity index (χ3v) is 2.43. The van der Waals surface area contributed by atoms with Gasteiger partial charge in [-0.2, -0.15) is 0 Å². The number of rotatable bonds is 5. The van der Waals surface area contributed by atoms with Crippen LogP contribution in [0.15, 0.2) is 24.3 Å². The lowest BCUT2D eigenvalue weighted by Gasteiger charge is -2.20. The number of ether oxygens (including phenoxy) is 1. The van der Waals surface area contributed by atoms with E-state index in [1.807, 2.05) is 0 Å². The van der Waals surface area contributed by atoms with Gasteiger partial charge >= 0.3 is 6.36 Å². The highest BCUT2D eigenvalue weighted by atomic mass is 19.4. The molecule has 104 valence electrons. The molecular weight excluding hydrogens is 257 g/mol. The second-order valence-corrected chi connectivity index (χ2v) is 3.96. The minimum absolute atomic E-state index is 0.210. The van der Waals surface area contributed by atoms with Gasteiger partial charge in [0, 0.05) is 12.6 Å². The quantitative estimate of drug-likeness (QED) is 0.808. The Balaban J connectivity index is 2.87. The molecule has 2 unspecified atom stereocenters. The van der Waals surface area contributed by atoms with Gasteiger partial charge in [0.25, 0.3) is 0 Å². The first kappa shape index (κ1) is 15.3. The van der Waals surface area contributed by atoms with Crippen molar-refractivity contribution in [2.24, 2.45) is 5.73 Å². The number of nitrogens with one attached hydrogen (secondary N) is 1. The van der Waals surface area contributed by atoms with Crippen molar-refractivity contribution in [1.29, 1.82) is 0 Å². The van der Waals surface area contributed by atoms with Gasteiger partial charge < -0.3 is 10.5 Å². The summed E-state index contributed by atoms with van der Waals surface area (Å²) in [6.45, 7) is 1.97. The van der Waals surface area contributed by atoms with E-state index in [-0.39, 0.29) is 24.4 Å². The van der Waals surface area contributed by atoms with Crippen LogP contribution in [-0.4, -0.2) is 18.9 Å². The average molecular weight is 272 g/mol. The van der Waals surface area contributed by atoms with E-state index in [2.05, 4.69) is 16.0 Å². The molecule has 0 saturated carbocycles. The van der Waals surface area contributed by atoms with E-state index in [0.29, 0.717) is 5.56 Å². The maximum atomic E-state index is 12.1. The minimum atomic E-state index is -4.71. The molecular formula is C13H15F3N2O. The van der Waals surface area contributed by atoms with Crippen molar-refractivity contribution in [3.8, 4) is 18.1 Å². The summed E-state index contributed by atoms with van der Waals surface area (Å²) >= 11 is 0. The molecule has 0 bridgehead atoms. The first-order valence-corrected chi connectivity index (χ1v) is 5.63. The highest BCUT2D eigenvalue weighted by molar-refractivity contribution is 5.31. The van der Waals surface area contributed by atoms with Gasteiger partial charge in [-0.1, -0.05) is 18.1 Å². The Morgan fingerprint density at radius 1 is 1.47 bits per heavy atom. The maximum absolute atomic E-state index is 12.1. The van der Waals surface area contributed by atoms with Crippen molar-refractivity contribution >= 4 is 0 Å². The summed E-state index contributed by atoms with van der Waals surface area (Å²) in [5.41, 5.74) is 6.18. The van der Waals surface area contributed by atoms with Crippen molar-refractivity contribution in [2.45, 2.75) is 25.4 Å². The van der Waals surface area contributed by atoms with Crippen LogP contribution in [0.3, 0.4) is 0 Å². The fourth-order valence-electron chi connectivity index (χ4n) is 1.58. The zero-order chi connectivity index (χ0) is 14.5. The summed E-state index contributed by atoms with van der Waals surface area (Å²) in [5.74, 6) is 2.20. The Morgan fingerprint density at radius 2 is 2.16 bits per heavy atom. The zero-order valence-corrected chi connectivity index (χ0v) is 10.4. The SMILES string of the molecule is C#CC(C)NC(CN)c1cccc(OC(F)(F)F)c1. The van der Waals surface area contributed by atoms with Crippen LogP contribution in [0.1, 0.15) is 18.5 Å². The van der Waals surface area contributed by atoms with Crippen LogP contribution in [0.2, 0.25) is 0 Å². The highest BCUT2D eigenvalue weighted by Gasteiger charge is 2.31. The van der Waals surface area contributed by atoms with Crippen LogP contribution in [0.5, 0.6) is 5.75 Å². The second-order valence-electron chi connectivity index (χ2n) is 3.96. The first-order valence-electron chi connectivity index (χ1n) is 5.63. The Labute approximate surface area is 109 Å². The fourth-order valence-corrected chi connectivity index (χ4v) is 1.58. The van der Waals surface area contributed by atoms with E-state index in [0.717, 1.165) is 0 Å². The Bertz CT molecular complexity index is 454. The minimum Gasteiger partial charge on any atom is -0.406 e. The van der Waals surface area contributed by atoms with Crippen LogP contribution < -0.4 is 15.8 Å². The average Bonchev–Trinajstić information content (AvgIpc) is 2.33. The van der Waals surface area contributed by atoms with E-state index < -0.39 is 6.36 Å². The predicted molar refractivity (Wildman–Crippen MR) is 66.4 cm³/mol. The maximum Gasteiger partial charge on any atom is 0.573 e. The van der Waals surface area contributed by atoms with Gasteiger partial charge in [0.2, 0.25) is 0 Å². The van der Waals surface area contributed by atoms with Crippen molar-refractivity contribution in [3.63, 3.8) is 0 Å². The van der Waals surface area contributed by atoms with Crippen LogP contribution in [0.4, 0.5) is 13.2 Å². The van der Waals surface area contributed by atoms with Gasteiger partial charge in [-0.15, -0.1) is 19.6 Å². The zero-order valence-electron chi connectivity index (χ0n) is 10.4. The standard InChI is InChI=1S/C13H15F3N2O/c1-3-9(2)18-12(8-17)10-5-4-6-11(7-10)19-13(14,15)16/h1,4-7,9,12,18H,8,17H2,2H3. The van der Waals surface area contributed by atoms with E-state index in [4.69, 9.17) is 12.2 Å². The van der Waals surface area contributed by atoms with Gasteiger partial charge in [-0.05, 0) is 24.6 Å². The Kier molecular flexibility index (Phi) is 5.21. The van der Waals surface area contributed by atoms with E-state index in [1.54, 1.807) is 13.0 Å². The van der Waals surface area contributed by atoms with Crippen molar-refractivity contribution < 1.29 is 17.9 Å². The summed E-state index contributed by atoms with van der Waals surface area (Å²) in [6, 6.07) is 5.10. The van der Waals surface area contributed by atoms with Gasteiger partial charge in [-0.3, -0.25) is 5.32 Å². The normalized spacial score (nSPS) is 14.5. The molecule has 0 aliphatic rings. The van der Waals surface area contributed by atoms with Gasteiger partial charge in [0.1, 0.15) is 5.75 Å². The molecule has 0 saturated heterocycles. The molecule has 0 aliphatic carbocycles. The molecule has 3 nitrogen and oxygen atoms in total. The molecule has 3 N–H and O–H groups in total. The van der Waals surface area contributed by atoms with Gasteiger partial charge in [0.05, 0.1) is 6.04 Å². The molecule has 0 spiro atoms. The number of hydrogen-bond donors (Lipinski definition) is 2. The lowest BCUT2D eigenvalue weighted by Crippen LogP contribution is -2.34. The number of hydrogen-bond acceptors (Lipinski definition) is 3. The molecule has 0 fully saturated rings. The molecule has 0 aromatic heterocycles. The number of terminal acetylenes is 1. The lowest BCUT2D eigenvalue weighted by atomic mass is 10.1. The molecule has 19 heavy (non-hydrogen) atoms. The molecule has 2 atom stereocenters. The van der Waals surface area contributed by atoms with Crippen molar-refractivity contribution in [2.75, 3.05) is 6.54 Å². The molecule has 0 heterocycles. The molecule has 1 aromatic rings. The summed E-state index contributed by atoms with van der Waals surface area (Å²) in [4.78, 5) is 0. The molecule has 1 aromatic carbocycles. The largest absolute Gasteiger partial charge is 0.573 e. The van der Waals surface area contributed by atoms with Crippen LogP contribution in [0.25, 0.3) is 0 Å². The smallest absolute Gasteiger partial charge is 0.406 e.